The van der Waals surface area contributed by atoms with Crippen LogP contribution in [0.25, 0.3) is 10.4 Å². The van der Waals surface area contributed by atoms with Gasteiger partial charge in [-0.1, -0.05) is 5.11 Å². The zero-order chi connectivity index (χ0) is 20.3. The number of ether oxygens (including phenoxy) is 2. The predicted molar refractivity (Wildman–Crippen MR) is 95.4 cm³/mol. The number of esters is 1. The summed E-state index contributed by atoms with van der Waals surface area (Å²) in [7, 11) is 1.78. The number of hydrogen-bond acceptors (Lipinski definition) is 6. The lowest BCUT2D eigenvalue weighted by atomic mass is 10.1. The first-order valence-electron chi connectivity index (χ1n) is 8.53. The summed E-state index contributed by atoms with van der Waals surface area (Å²) in [5.41, 5.74) is 8.40. The highest BCUT2D eigenvalue weighted by Crippen LogP contribution is 2.30. The first-order valence-corrected chi connectivity index (χ1v) is 8.53. The molecular weight excluding hydrogens is 495 g/mol. The monoisotopic (exact) mass is 514 g/mol. The number of H-pyrrole nitrogens is 1. The van der Waals surface area contributed by atoms with Crippen LogP contribution in [0.1, 0.15) is 28.6 Å². The quantitative estimate of drug-likeness (QED) is 0.117. The van der Waals surface area contributed by atoms with Gasteiger partial charge in [-0.15, -0.1) is 0 Å². The van der Waals surface area contributed by atoms with E-state index >= 15 is 0 Å². The Balaban J connectivity index is 0.00000300. The second-order valence-electron chi connectivity index (χ2n) is 6.47. The average Bonchev–Trinajstić information content (AvgIpc) is 3.05. The van der Waals surface area contributed by atoms with Gasteiger partial charge in [-0.05, 0) is 18.5 Å². The fraction of sp³-hybridized carbons (Fsp3) is 0.412. The molecule has 0 saturated carbocycles. The van der Waals surface area contributed by atoms with Gasteiger partial charge in [-0.2, -0.15) is 0 Å². The molecule has 3 heterocycles. The molecule has 2 aromatic heterocycles. The van der Waals surface area contributed by atoms with Crippen LogP contribution in [0.5, 0.6) is 0 Å². The van der Waals surface area contributed by atoms with Gasteiger partial charge in [0.2, 0.25) is 0 Å². The lowest BCUT2D eigenvalue weighted by Crippen LogP contribution is -3.00. The minimum absolute atomic E-state index is 0. The van der Waals surface area contributed by atoms with E-state index in [-0.39, 0.29) is 37.0 Å². The smallest absolute Gasteiger partial charge is 0.344 e. The van der Waals surface area contributed by atoms with Crippen LogP contribution in [0.3, 0.4) is 0 Å². The molecule has 0 bridgehead atoms. The normalized spacial score (nSPS) is 20.4. The second-order valence-corrected chi connectivity index (χ2v) is 6.47. The molecule has 12 heteroatoms. The van der Waals surface area contributed by atoms with E-state index in [9.17, 15) is 14.4 Å². The van der Waals surface area contributed by atoms with Crippen molar-refractivity contribution in [1.29, 1.82) is 0 Å². The molecule has 0 spiro atoms. The number of rotatable bonds is 5. The van der Waals surface area contributed by atoms with E-state index in [0.29, 0.717) is 11.1 Å². The number of hydrogen-bond donors (Lipinski definition) is 1. The van der Waals surface area contributed by atoms with Crippen LogP contribution in [0.15, 0.2) is 45.4 Å². The molecule has 1 aliphatic rings. The molecule has 0 aromatic carbocycles. The van der Waals surface area contributed by atoms with Gasteiger partial charge in [0.15, 0.2) is 12.4 Å². The molecule has 1 aliphatic heterocycles. The molecule has 1 N–H and O–H groups in total. The summed E-state index contributed by atoms with van der Waals surface area (Å²) in [5.74, 6) is -0.542. The first kappa shape index (κ1) is 22.6. The van der Waals surface area contributed by atoms with Gasteiger partial charge < -0.3 is 33.5 Å². The topological polar surface area (TPSA) is 143 Å². The molecule has 0 amide bonds. The van der Waals surface area contributed by atoms with E-state index in [4.69, 9.17) is 15.0 Å². The summed E-state index contributed by atoms with van der Waals surface area (Å²) in [5, 5.41) is 3.69. The van der Waals surface area contributed by atoms with Gasteiger partial charge in [0.05, 0.1) is 6.04 Å². The second kappa shape index (κ2) is 9.67. The highest BCUT2D eigenvalue weighted by molar-refractivity contribution is 5.88. The Morgan fingerprint density at radius 2 is 2.28 bits per heavy atom. The van der Waals surface area contributed by atoms with Crippen molar-refractivity contribution in [2.45, 2.75) is 31.7 Å². The number of aromatic nitrogens is 3. The maximum absolute atomic E-state index is 12.2. The minimum Gasteiger partial charge on any atom is -1.00 e. The fourth-order valence-electron chi connectivity index (χ4n) is 2.97. The van der Waals surface area contributed by atoms with Crippen molar-refractivity contribution < 1.29 is 42.8 Å². The molecule has 154 valence electrons. The van der Waals surface area contributed by atoms with Crippen molar-refractivity contribution >= 4 is 5.97 Å². The maximum atomic E-state index is 12.2. The number of aryl methyl sites for hydroxylation is 2. The zero-order valence-electron chi connectivity index (χ0n) is 15.7. The Bertz CT molecular complexity index is 1060. The molecular formula is C17H19IN6O5. The third-order valence-corrected chi connectivity index (χ3v) is 4.41. The summed E-state index contributed by atoms with van der Waals surface area (Å²) in [6.07, 6.45) is 3.52. The van der Waals surface area contributed by atoms with E-state index in [0.717, 1.165) is 0 Å². The first-order chi connectivity index (χ1) is 13.4. The van der Waals surface area contributed by atoms with E-state index in [1.54, 1.807) is 43.1 Å². The van der Waals surface area contributed by atoms with Gasteiger partial charge in [0, 0.05) is 29.2 Å². The molecule has 11 nitrogen and oxygen atoms in total. The van der Waals surface area contributed by atoms with Crippen LogP contribution in [0, 0.1) is 6.92 Å². The molecule has 0 radical (unpaired) electrons. The van der Waals surface area contributed by atoms with Gasteiger partial charge >= 0.3 is 11.7 Å². The molecule has 0 unspecified atom stereocenters. The number of nitrogens with zero attached hydrogens (tertiary/aromatic N) is 5. The van der Waals surface area contributed by atoms with Crippen molar-refractivity contribution in [3.63, 3.8) is 0 Å². The fourth-order valence-corrected chi connectivity index (χ4v) is 2.97. The molecule has 0 aliphatic carbocycles. The van der Waals surface area contributed by atoms with Crippen LogP contribution in [-0.2, 0) is 16.5 Å². The Labute approximate surface area is 181 Å². The van der Waals surface area contributed by atoms with Gasteiger partial charge in [-0.25, -0.2) is 14.2 Å². The highest BCUT2D eigenvalue weighted by atomic mass is 127. The van der Waals surface area contributed by atoms with E-state index in [1.807, 2.05) is 0 Å². The summed E-state index contributed by atoms with van der Waals surface area (Å²) in [6.45, 7) is 1.42. The Hall–Kier alpha value is -2.70. The average molecular weight is 514 g/mol. The van der Waals surface area contributed by atoms with E-state index < -0.39 is 35.6 Å². The van der Waals surface area contributed by atoms with Gasteiger partial charge in [-0.3, -0.25) is 14.3 Å². The SMILES string of the molecule is Cc1cn([C@H]2C[C@H](N=[N+]=[N-])[C@@H](COC(=O)c3ccc[n+](C)c3)O2)c(=O)[nH]c1=O.[I-]. The van der Waals surface area contributed by atoms with Gasteiger partial charge in [0.1, 0.15) is 31.5 Å². The number of aromatic amines is 1. The number of azide groups is 1. The largest absolute Gasteiger partial charge is 1.00 e. The molecule has 1 fully saturated rings. The zero-order valence-corrected chi connectivity index (χ0v) is 17.8. The predicted octanol–water partition coefficient (Wildman–Crippen LogP) is -2.50. The van der Waals surface area contributed by atoms with Crippen molar-refractivity contribution in [3.05, 3.63) is 73.1 Å². The Morgan fingerprint density at radius 1 is 1.52 bits per heavy atom. The lowest BCUT2D eigenvalue weighted by Gasteiger charge is -2.16. The van der Waals surface area contributed by atoms with Crippen molar-refractivity contribution in [1.82, 2.24) is 9.55 Å². The lowest BCUT2D eigenvalue weighted by molar-refractivity contribution is -0.671. The maximum Gasteiger partial charge on any atom is 0.344 e. The molecule has 1 saturated heterocycles. The Kier molecular flexibility index (Phi) is 7.53. The third-order valence-electron chi connectivity index (χ3n) is 4.41. The van der Waals surface area contributed by atoms with Crippen molar-refractivity contribution in [2.24, 2.45) is 12.2 Å². The third kappa shape index (κ3) is 5.22. The summed E-state index contributed by atoms with van der Waals surface area (Å²) in [6, 6.07) is 2.70. The molecule has 29 heavy (non-hydrogen) atoms. The van der Waals surface area contributed by atoms with Crippen LogP contribution < -0.4 is 39.8 Å². The number of carbonyl (C=O) groups excluding carboxylic acids is 1. The number of pyridine rings is 1. The molecule has 2 aromatic rings. The van der Waals surface area contributed by atoms with Crippen LogP contribution in [0.2, 0.25) is 0 Å². The van der Waals surface area contributed by atoms with Crippen LogP contribution >= 0.6 is 0 Å². The van der Waals surface area contributed by atoms with E-state index in [1.165, 1.54) is 10.8 Å². The standard InChI is InChI=1S/C17H18N6O5.HI/c1-10-7-23(17(26)19-15(10)24)14-6-12(20-21-18)13(28-14)9-27-16(25)11-4-3-5-22(2)8-11;/h3-5,7-8,12-14H,6,9H2,1-2H3;1H/t12-,13+,14+;/m0./s1. The molecule has 3 atom stereocenters. The summed E-state index contributed by atoms with van der Waals surface area (Å²) < 4.78 is 14.0. The van der Waals surface area contributed by atoms with E-state index in [2.05, 4.69) is 15.0 Å². The number of nitrogens with one attached hydrogen (secondary N) is 1. The van der Waals surface area contributed by atoms with Gasteiger partial charge in [0.25, 0.3) is 5.56 Å². The van der Waals surface area contributed by atoms with Crippen LogP contribution in [-0.4, -0.2) is 34.3 Å². The molecule has 3 rings (SSSR count). The summed E-state index contributed by atoms with van der Waals surface area (Å²) >= 11 is 0. The minimum atomic E-state index is -0.753. The number of carbonyl (C=O) groups is 1. The highest BCUT2D eigenvalue weighted by Gasteiger charge is 2.37. The number of halogens is 1. The van der Waals surface area contributed by atoms with Crippen molar-refractivity contribution in [2.75, 3.05) is 6.61 Å². The van der Waals surface area contributed by atoms with Crippen LogP contribution in [0.4, 0.5) is 0 Å². The van der Waals surface area contributed by atoms with Crippen molar-refractivity contribution in [3.8, 4) is 0 Å². The summed E-state index contributed by atoms with van der Waals surface area (Å²) in [4.78, 5) is 40.8. The Morgan fingerprint density at radius 3 is 2.97 bits per heavy atom.